The largest absolute Gasteiger partial charge is 0.462 e. The van der Waals surface area contributed by atoms with Crippen molar-refractivity contribution in [1.82, 2.24) is 0 Å². The molecule has 0 radical (unpaired) electrons. The maximum atomic E-state index is 12.8. The van der Waals surface area contributed by atoms with Crippen molar-refractivity contribution in [2.75, 3.05) is 13.2 Å². The Morgan fingerprint density at radius 1 is 0.254 bits per heavy atom. The van der Waals surface area contributed by atoms with Gasteiger partial charge in [-0.2, -0.15) is 0 Å². The lowest BCUT2D eigenvalue weighted by Crippen LogP contribution is -2.30. The van der Waals surface area contributed by atoms with E-state index in [4.69, 9.17) is 14.2 Å². The zero-order valence-corrected chi connectivity index (χ0v) is 42.9. The molecule has 0 rings (SSSR count). The highest BCUT2D eigenvalue weighted by Gasteiger charge is 2.19. The fourth-order valence-electron chi connectivity index (χ4n) is 8.80. The SMILES string of the molecule is CCCCCCCCCCCCCCCCCCCC(=O)OCC(COC(=O)CCCCCCCCCCCCCC)OC(=O)CCCCCCCCCCCCCCCCCC. The van der Waals surface area contributed by atoms with Crippen molar-refractivity contribution in [2.24, 2.45) is 0 Å². The second kappa shape index (κ2) is 53.0. The Balaban J connectivity index is 4.27. The molecule has 0 bridgehead atoms. The number of hydrogen-bond acceptors (Lipinski definition) is 6. The van der Waals surface area contributed by atoms with Crippen LogP contribution in [0.5, 0.6) is 0 Å². The highest BCUT2D eigenvalue weighted by atomic mass is 16.6. The molecule has 1 atom stereocenters. The van der Waals surface area contributed by atoms with Crippen LogP contribution in [0.2, 0.25) is 0 Å². The smallest absolute Gasteiger partial charge is 0.306 e. The van der Waals surface area contributed by atoms with Gasteiger partial charge < -0.3 is 14.2 Å². The molecular formula is C57H110O6. The van der Waals surface area contributed by atoms with Gasteiger partial charge in [0.15, 0.2) is 6.10 Å². The summed E-state index contributed by atoms with van der Waals surface area (Å²) in [6.45, 7) is 6.70. The number of carbonyl (C=O) groups is 3. The average molecular weight is 892 g/mol. The van der Waals surface area contributed by atoms with Crippen molar-refractivity contribution in [2.45, 2.75) is 335 Å². The molecule has 1 unspecified atom stereocenters. The number of carbonyl (C=O) groups excluding carboxylic acids is 3. The lowest BCUT2D eigenvalue weighted by molar-refractivity contribution is -0.167. The summed E-state index contributed by atoms with van der Waals surface area (Å²) in [5.74, 6) is -0.833. The van der Waals surface area contributed by atoms with E-state index < -0.39 is 6.10 Å². The minimum atomic E-state index is -0.760. The van der Waals surface area contributed by atoms with Gasteiger partial charge in [0.25, 0.3) is 0 Å². The minimum absolute atomic E-state index is 0.0611. The zero-order chi connectivity index (χ0) is 45.8. The zero-order valence-electron chi connectivity index (χ0n) is 42.9. The summed E-state index contributed by atoms with van der Waals surface area (Å²) in [4.78, 5) is 38.1. The molecule has 0 N–H and O–H groups in total. The quantitative estimate of drug-likeness (QED) is 0.0344. The van der Waals surface area contributed by atoms with Gasteiger partial charge in [-0.15, -0.1) is 0 Å². The normalized spacial score (nSPS) is 11.9. The number of unbranched alkanes of at least 4 members (excludes halogenated alkanes) is 42. The summed E-state index contributed by atoms with van der Waals surface area (Å²) in [6, 6.07) is 0. The molecular weight excluding hydrogens is 781 g/mol. The topological polar surface area (TPSA) is 78.9 Å². The van der Waals surface area contributed by atoms with Gasteiger partial charge in [0.1, 0.15) is 13.2 Å². The summed E-state index contributed by atoms with van der Waals surface area (Å²) in [6.07, 6.45) is 58.0. The fourth-order valence-corrected chi connectivity index (χ4v) is 8.80. The minimum Gasteiger partial charge on any atom is -0.462 e. The van der Waals surface area contributed by atoms with E-state index in [1.54, 1.807) is 0 Å². The van der Waals surface area contributed by atoms with E-state index in [0.717, 1.165) is 57.8 Å². The molecule has 0 aromatic heterocycles. The van der Waals surface area contributed by atoms with Gasteiger partial charge in [-0.25, -0.2) is 0 Å². The Kier molecular flexibility index (Phi) is 51.7. The highest BCUT2D eigenvalue weighted by molar-refractivity contribution is 5.71. The van der Waals surface area contributed by atoms with E-state index in [9.17, 15) is 14.4 Å². The van der Waals surface area contributed by atoms with Crippen LogP contribution in [0.4, 0.5) is 0 Å². The third-order valence-electron chi connectivity index (χ3n) is 13.1. The van der Waals surface area contributed by atoms with Crippen LogP contribution in [0, 0.1) is 0 Å². The van der Waals surface area contributed by atoms with E-state index in [2.05, 4.69) is 20.8 Å². The standard InChI is InChI=1S/C57H110O6/c1-4-7-10-13-16-19-22-25-27-29-31-32-35-38-41-44-47-50-56(59)62-53-54(52-61-55(58)49-46-43-40-37-34-24-21-18-15-12-9-6-3)63-57(60)51-48-45-42-39-36-33-30-28-26-23-20-17-14-11-8-5-2/h54H,4-53H2,1-3H3. The second-order valence-corrected chi connectivity index (χ2v) is 19.6. The van der Waals surface area contributed by atoms with E-state index in [1.807, 2.05) is 0 Å². The Morgan fingerprint density at radius 3 is 0.635 bits per heavy atom. The van der Waals surface area contributed by atoms with Crippen molar-refractivity contribution < 1.29 is 28.6 Å². The van der Waals surface area contributed by atoms with E-state index >= 15 is 0 Å². The lowest BCUT2D eigenvalue weighted by atomic mass is 10.0. The molecule has 0 amide bonds. The van der Waals surface area contributed by atoms with E-state index in [-0.39, 0.29) is 31.1 Å². The Bertz CT molecular complexity index is 936. The van der Waals surface area contributed by atoms with Crippen LogP contribution < -0.4 is 0 Å². The molecule has 0 aliphatic rings. The van der Waals surface area contributed by atoms with Gasteiger partial charge in [0.05, 0.1) is 0 Å². The van der Waals surface area contributed by atoms with Crippen LogP contribution in [0.15, 0.2) is 0 Å². The average Bonchev–Trinajstić information content (AvgIpc) is 3.28. The molecule has 0 aromatic rings. The Morgan fingerprint density at radius 2 is 0.429 bits per heavy atom. The van der Waals surface area contributed by atoms with Crippen LogP contribution in [0.1, 0.15) is 329 Å². The highest BCUT2D eigenvalue weighted by Crippen LogP contribution is 2.18. The first kappa shape index (κ1) is 61.4. The Hall–Kier alpha value is -1.59. The monoisotopic (exact) mass is 891 g/mol. The molecule has 0 saturated heterocycles. The lowest BCUT2D eigenvalue weighted by Gasteiger charge is -2.18. The van der Waals surface area contributed by atoms with E-state index in [0.29, 0.717) is 19.3 Å². The number of esters is 3. The molecule has 374 valence electrons. The van der Waals surface area contributed by atoms with Crippen LogP contribution in [-0.4, -0.2) is 37.2 Å². The maximum absolute atomic E-state index is 12.8. The van der Waals surface area contributed by atoms with Crippen molar-refractivity contribution >= 4 is 17.9 Å². The molecule has 0 aliphatic heterocycles. The molecule has 63 heavy (non-hydrogen) atoms. The first-order valence-corrected chi connectivity index (χ1v) is 28.5. The summed E-state index contributed by atoms with van der Waals surface area (Å²) in [7, 11) is 0. The van der Waals surface area contributed by atoms with Gasteiger partial charge >= 0.3 is 17.9 Å². The van der Waals surface area contributed by atoms with E-state index in [1.165, 1.54) is 231 Å². The first-order valence-electron chi connectivity index (χ1n) is 28.5. The van der Waals surface area contributed by atoms with Crippen molar-refractivity contribution in [3.63, 3.8) is 0 Å². The van der Waals surface area contributed by atoms with Crippen molar-refractivity contribution in [3.05, 3.63) is 0 Å². The number of rotatable bonds is 53. The number of ether oxygens (including phenoxy) is 3. The number of hydrogen-bond donors (Lipinski definition) is 0. The first-order chi connectivity index (χ1) is 31.0. The fraction of sp³-hybridized carbons (Fsp3) is 0.947. The molecule has 0 fully saturated rings. The van der Waals surface area contributed by atoms with Gasteiger partial charge in [-0.3, -0.25) is 14.4 Å². The van der Waals surface area contributed by atoms with Crippen LogP contribution in [0.3, 0.4) is 0 Å². The van der Waals surface area contributed by atoms with Gasteiger partial charge in [-0.05, 0) is 19.3 Å². The third kappa shape index (κ3) is 51.3. The predicted octanol–water partition coefficient (Wildman–Crippen LogP) is 18.8. The van der Waals surface area contributed by atoms with Crippen LogP contribution in [-0.2, 0) is 28.6 Å². The van der Waals surface area contributed by atoms with Gasteiger partial charge in [0, 0.05) is 19.3 Å². The summed E-state index contributed by atoms with van der Waals surface area (Å²) < 4.78 is 16.9. The molecule has 6 heteroatoms. The predicted molar refractivity (Wildman–Crippen MR) is 270 cm³/mol. The molecule has 0 spiro atoms. The van der Waals surface area contributed by atoms with Crippen LogP contribution in [0.25, 0.3) is 0 Å². The summed E-state index contributed by atoms with van der Waals surface area (Å²) in [5, 5.41) is 0. The molecule has 0 aliphatic carbocycles. The Labute approximate surface area is 393 Å². The van der Waals surface area contributed by atoms with Crippen molar-refractivity contribution in [1.29, 1.82) is 0 Å². The molecule has 0 saturated carbocycles. The van der Waals surface area contributed by atoms with Crippen LogP contribution >= 0.6 is 0 Å². The maximum Gasteiger partial charge on any atom is 0.306 e. The second-order valence-electron chi connectivity index (χ2n) is 19.6. The van der Waals surface area contributed by atoms with Gasteiger partial charge in [-0.1, -0.05) is 290 Å². The summed E-state index contributed by atoms with van der Waals surface area (Å²) >= 11 is 0. The molecule has 0 aromatic carbocycles. The van der Waals surface area contributed by atoms with Crippen molar-refractivity contribution in [3.8, 4) is 0 Å². The third-order valence-corrected chi connectivity index (χ3v) is 13.1. The van der Waals surface area contributed by atoms with Gasteiger partial charge in [0.2, 0.25) is 0 Å². The molecule has 6 nitrogen and oxygen atoms in total. The molecule has 0 heterocycles. The summed E-state index contributed by atoms with van der Waals surface area (Å²) in [5.41, 5.74) is 0.